The van der Waals surface area contributed by atoms with Crippen molar-refractivity contribution in [3.8, 4) is 5.75 Å². The summed E-state index contributed by atoms with van der Waals surface area (Å²) < 4.78 is 5.26. The summed E-state index contributed by atoms with van der Waals surface area (Å²) in [4.78, 5) is 2.31. The molecule has 1 aliphatic rings. The molecular formula is C14H22N2O2. The third-order valence-corrected chi connectivity index (χ3v) is 3.53. The Hall–Kier alpha value is -1.10. The maximum Gasteiger partial charge on any atom is 0.124 e. The summed E-state index contributed by atoms with van der Waals surface area (Å²) in [6.07, 6.45) is 1.79. The van der Waals surface area contributed by atoms with Gasteiger partial charge in [0.15, 0.2) is 0 Å². The number of aliphatic hydroxyl groups is 1. The van der Waals surface area contributed by atoms with Gasteiger partial charge in [0.2, 0.25) is 0 Å². The molecule has 0 amide bonds. The number of hydrogen-bond acceptors (Lipinski definition) is 4. The highest BCUT2D eigenvalue weighted by Crippen LogP contribution is 2.26. The van der Waals surface area contributed by atoms with E-state index in [-0.39, 0.29) is 6.04 Å². The minimum atomic E-state index is -0.679. The van der Waals surface area contributed by atoms with Crippen molar-refractivity contribution in [2.24, 2.45) is 5.73 Å². The van der Waals surface area contributed by atoms with Gasteiger partial charge >= 0.3 is 0 Å². The maximum absolute atomic E-state index is 10.3. The Morgan fingerprint density at radius 2 is 2.00 bits per heavy atom. The minimum Gasteiger partial charge on any atom is -0.496 e. The summed E-state index contributed by atoms with van der Waals surface area (Å²) >= 11 is 0. The normalized spacial score (nSPS) is 19.7. The monoisotopic (exact) mass is 250 g/mol. The molecule has 2 atom stereocenters. The van der Waals surface area contributed by atoms with Crippen LogP contribution in [0.4, 0.5) is 0 Å². The fourth-order valence-corrected chi connectivity index (χ4v) is 2.50. The van der Waals surface area contributed by atoms with Gasteiger partial charge in [-0.25, -0.2) is 0 Å². The molecule has 1 fully saturated rings. The lowest BCUT2D eigenvalue weighted by Crippen LogP contribution is -2.40. The SMILES string of the molecule is COc1ccccc1[C@@H](O)[C@H](N)CN1CCCC1. The van der Waals surface area contributed by atoms with E-state index >= 15 is 0 Å². The molecule has 1 aromatic rings. The summed E-state index contributed by atoms with van der Waals surface area (Å²) in [6.45, 7) is 2.91. The zero-order chi connectivity index (χ0) is 13.0. The number of likely N-dealkylation sites (tertiary alicyclic amines) is 1. The van der Waals surface area contributed by atoms with Gasteiger partial charge in [0.25, 0.3) is 0 Å². The predicted molar refractivity (Wildman–Crippen MR) is 71.6 cm³/mol. The molecule has 0 saturated carbocycles. The van der Waals surface area contributed by atoms with Crippen LogP contribution < -0.4 is 10.5 Å². The Bertz CT molecular complexity index is 378. The number of hydrogen-bond donors (Lipinski definition) is 2. The summed E-state index contributed by atoms with van der Waals surface area (Å²) in [5, 5.41) is 10.3. The zero-order valence-electron chi connectivity index (χ0n) is 10.9. The Labute approximate surface area is 108 Å². The van der Waals surface area contributed by atoms with E-state index in [0.717, 1.165) is 25.2 Å². The van der Waals surface area contributed by atoms with E-state index in [1.54, 1.807) is 7.11 Å². The third-order valence-electron chi connectivity index (χ3n) is 3.53. The first kappa shape index (κ1) is 13.3. The number of aliphatic hydroxyl groups excluding tert-OH is 1. The lowest BCUT2D eigenvalue weighted by atomic mass is 10.0. The van der Waals surface area contributed by atoms with Crippen LogP contribution in [0.1, 0.15) is 24.5 Å². The molecule has 0 spiro atoms. The first-order valence-electron chi connectivity index (χ1n) is 6.51. The highest BCUT2D eigenvalue weighted by molar-refractivity contribution is 5.35. The highest BCUT2D eigenvalue weighted by atomic mass is 16.5. The molecule has 0 bridgehead atoms. The van der Waals surface area contributed by atoms with Crippen LogP contribution in [0, 0.1) is 0 Å². The van der Waals surface area contributed by atoms with Gasteiger partial charge in [-0.3, -0.25) is 0 Å². The van der Waals surface area contributed by atoms with Gasteiger partial charge in [-0.05, 0) is 32.0 Å². The molecule has 4 nitrogen and oxygen atoms in total. The van der Waals surface area contributed by atoms with Gasteiger partial charge in [0, 0.05) is 18.2 Å². The van der Waals surface area contributed by atoms with E-state index in [4.69, 9.17) is 10.5 Å². The Balaban J connectivity index is 2.02. The molecule has 0 aliphatic carbocycles. The van der Waals surface area contributed by atoms with Crippen molar-refractivity contribution in [1.82, 2.24) is 4.90 Å². The van der Waals surface area contributed by atoms with Crippen LogP contribution >= 0.6 is 0 Å². The van der Waals surface area contributed by atoms with Gasteiger partial charge < -0.3 is 20.5 Å². The van der Waals surface area contributed by atoms with Crippen molar-refractivity contribution in [1.29, 1.82) is 0 Å². The summed E-state index contributed by atoms with van der Waals surface area (Å²) in [5.41, 5.74) is 6.88. The van der Waals surface area contributed by atoms with Crippen molar-refractivity contribution in [2.75, 3.05) is 26.7 Å². The van der Waals surface area contributed by atoms with Crippen molar-refractivity contribution in [3.05, 3.63) is 29.8 Å². The lowest BCUT2D eigenvalue weighted by molar-refractivity contribution is 0.122. The molecular weight excluding hydrogens is 228 g/mol. The Kier molecular flexibility index (Phi) is 4.58. The number of ether oxygens (including phenoxy) is 1. The van der Waals surface area contributed by atoms with E-state index < -0.39 is 6.10 Å². The van der Waals surface area contributed by atoms with Crippen LogP contribution in [0.25, 0.3) is 0 Å². The quantitative estimate of drug-likeness (QED) is 0.823. The second-order valence-corrected chi connectivity index (χ2v) is 4.86. The predicted octanol–water partition coefficient (Wildman–Crippen LogP) is 1.15. The number of nitrogens with zero attached hydrogens (tertiary/aromatic N) is 1. The van der Waals surface area contributed by atoms with Crippen LogP contribution in [-0.2, 0) is 0 Å². The molecule has 4 heteroatoms. The van der Waals surface area contributed by atoms with Crippen molar-refractivity contribution < 1.29 is 9.84 Å². The number of methoxy groups -OCH3 is 1. The Morgan fingerprint density at radius 1 is 1.33 bits per heavy atom. The van der Waals surface area contributed by atoms with Crippen LogP contribution in [0.15, 0.2) is 24.3 Å². The van der Waals surface area contributed by atoms with E-state index in [9.17, 15) is 5.11 Å². The largest absolute Gasteiger partial charge is 0.496 e. The number of benzene rings is 1. The molecule has 100 valence electrons. The summed E-state index contributed by atoms with van der Waals surface area (Å²) in [6, 6.07) is 7.22. The number of para-hydroxylation sites is 1. The molecule has 1 saturated heterocycles. The lowest BCUT2D eigenvalue weighted by Gasteiger charge is -2.25. The van der Waals surface area contributed by atoms with Crippen molar-refractivity contribution in [2.45, 2.75) is 25.0 Å². The van der Waals surface area contributed by atoms with E-state index in [1.807, 2.05) is 24.3 Å². The van der Waals surface area contributed by atoms with Crippen LogP contribution in [0.3, 0.4) is 0 Å². The highest BCUT2D eigenvalue weighted by Gasteiger charge is 2.23. The van der Waals surface area contributed by atoms with Gasteiger partial charge in [-0.1, -0.05) is 18.2 Å². The van der Waals surface area contributed by atoms with Crippen LogP contribution in [-0.4, -0.2) is 42.8 Å². The average Bonchev–Trinajstić information content (AvgIpc) is 2.90. The number of rotatable bonds is 5. The fraction of sp³-hybridized carbons (Fsp3) is 0.571. The van der Waals surface area contributed by atoms with Gasteiger partial charge in [0.1, 0.15) is 5.75 Å². The average molecular weight is 250 g/mol. The summed E-state index contributed by atoms with van der Waals surface area (Å²) in [5.74, 6) is 0.696. The molecule has 0 aromatic heterocycles. The number of nitrogens with two attached hydrogens (primary N) is 1. The van der Waals surface area contributed by atoms with Gasteiger partial charge in [0.05, 0.1) is 13.2 Å². The van der Waals surface area contributed by atoms with Crippen molar-refractivity contribution >= 4 is 0 Å². The molecule has 3 N–H and O–H groups in total. The van der Waals surface area contributed by atoms with Gasteiger partial charge in [-0.2, -0.15) is 0 Å². The molecule has 1 aliphatic heterocycles. The second-order valence-electron chi connectivity index (χ2n) is 4.86. The maximum atomic E-state index is 10.3. The smallest absolute Gasteiger partial charge is 0.124 e. The van der Waals surface area contributed by atoms with E-state index in [0.29, 0.717) is 5.75 Å². The van der Waals surface area contributed by atoms with Crippen LogP contribution in [0.5, 0.6) is 5.75 Å². The first-order valence-corrected chi connectivity index (χ1v) is 6.51. The van der Waals surface area contributed by atoms with E-state index in [2.05, 4.69) is 4.90 Å². The fourth-order valence-electron chi connectivity index (χ4n) is 2.50. The van der Waals surface area contributed by atoms with E-state index in [1.165, 1.54) is 12.8 Å². The zero-order valence-corrected chi connectivity index (χ0v) is 10.9. The molecule has 1 heterocycles. The molecule has 0 radical (unpaired) electrons. The summed E-state index contributed by atoms with van der Waals surface area (Å²) in [7, 11) is 1.61. The molecule has 0 unspecified atom stereocenters. The second kappa shape index (κ2) is 6.18. The molecule has 18 heavy (non-hydrogen) atoms. The first-order chi connectivity index (χ1) is 8.72. The Morgan fingerprint density at radius 3 is 2.67 bits per heavy atom. The molecule has 1 aromatic carbocycles. The standard InChI is InChI=1S/C14H22N2O2/c1-18-13-7-3-2-6-11(13)14(17)12(15)10-16-8-4-5-9-16/h2-3,6-7,12,14,17H,4-5,8-10,15H2,1H3/t12-,14-/m1/s1. The van der Waals surface area contributed by atoms with Crippen LogP contribution in [0.2, 0.25) is 0 Å². The minimum absolute atomic E-state index is 0.278. The third kappa shape index (κ3) is 3.02. The van der Waals surface area contributed by atoms with Crippen molar-refractivity contribution in [3.63, 3.8) is 0 Å². The van der Waals surface area contributed by atoms with Gasteiger partial charge in [-0.15, -0.1) is 0 Å². The molecule has 2 rings (SSSR count). The topological polar surface area (TPSA) is 58.7 Å².